The fourth-order valence-electron chi connectivity index (χ4n) is 1.06. The van der Waals surface area contributed by atoms with Gasteiger partial charge in [0, 0.05) is 5.56 Å². The van der Waals surface area contributed by atoms with Crippen LogP contribution in [-0.4, -0.2) is 16.8 Å². The predicted octanol–water partition coefficient (Wildman–Crippen LogP) is 0.831. The third kappa shape index (κ3) is 2.59. The average molecular weight is 176 g/mol. The molecular formula is C11H12O2. The molecule has 1 aromatic rings. The molecule has 0 aliphatic rings. The van der Waals surface area contributed by atoms with Gasteiger partial charge in [0.25, 0.3) is 0 Å². The third-order valence-electron chi connectivity index (χ3n) is 1.83. The van der Waals surface area contributed by atoms with Crippen LogP contribution in [0, 0.1) is 18.8 Å². The number of rotatable bonds is 1. The number of benzene rings is 1. The van der Waals surface area contributed by atoms with Crippen LogP contribution in [-0.2, 0) is 6.61 Å². The van der Waals surface area contributed by atoms with Gasteiger partial charge in [-0.3, -0.25) is 0 Å². The van der Waals surface area contributed by atoms with E-state index < -0.39 is 0 Å². The maximum absolute atomic E-state index is 8.97. The number of aliphatic hydroxyl groups excluding tert-OH is 2. The Hall–Kier alpha value is -1.30. The lowest BCUT2D eigenvalue weighted by atomic mass is 10.1. The van der Waals surface area contributed by atoms with Crippen molar-refractivity contribution in [1.82, 2.24) is 0 Å². The maximum atomic E-state index is 8.97. The van der Waals surface area contributed by atoms with Gasteiger partial charge in [-0.05, 0) is 30.2 Å². The highest BCUT2D eigenvalue weighted by molar-refractivity contribution is 5.40. The van der Waals surface area contributed by atoms with E-state index in [0.717, 1.165) is 16.7 Å². The van der Waals surface area contributed by atoms with Gasteiger partial charge in [-0.25, -0.2) is 0 Å². The van der Waals surface area contributed by atoms with Crippen molar-refractivity contribution in [3.63, 3.8) is 0 Å². The highest BCUT2D eigenvalue weighted by atomic mass is 16.3. The molecule has 2 nitrogen and oxygen atoms in total. The van der Waals surface area contributed by atoms with Crippen LogP contribution in [0.2, 0.25) is 0 Å². The third-order valence-corrected chi connectivity index (χ3v) is 1.83. The zero-order valence-corrected chi connectivity index (χ0v) is 7.54. The summed E-state index contributed by atoms with van der Waals surface area (Å²) in [5.41, 5.74) is 2.76. The zero-order valence-electron chi connectivity index (χ0n) is 7.54. The van der Waals surface area contributed by atoms with E-state index in [4.69, 9.17) is 10.2 Å². The molecule has 0 aliphatic heterocycles. The molecule has 0 amide bonds. The molecule has 0 aromatic heterocycles. The molecule has 0 radical (unpaired) electrons. The molecule has 1 aromatic carbocycles. The SMILES string of the molecule is Cc1ccc(C#CCO)cc1CO. The van der Waals surface area contributed by atoms with Crippen molar-refractivity contribution < 1.29 is 10.2 Å². The van der Waals surface area contributed by atoms with Gasteiger partial charge < -0.3 is 10.2 Å². The molecule has 0 spiro atoms. The zero-order chi connectivity index (χ0) is 9.68. The monoisotopic (exact) mass is 176 g/mol. The molecule has 68 valence electrons. The molecule has 0 aliphatic carbocycles. The van der Waals surface area contributed by atoms with Crippen molar-refractivity contribution in [2.24, 2.45) is 0 Å². The number of aryl methyl sites for hydroxylation is 1. The van der Waals surface area contributed by atoms with Gasteiger partial charge in [-0.15, -0.1) is 0 Å². The van der Waals surface area contributed by atoms with Crippen LogP contribution in [0.3, 0.4) is 0 Å². The van der Waals surface area contributed by atoms with Crippen LogP contribution in [0.25, 0.3) is 0 Å². The number of hydrogen-bond donors (Lipinski definition) is 2. The Morgan fingerprint density at radius 3 is 2.69 bits per heavy atom. The fourth-order valence-corrected chi connectivity index (χ4v) is 1.06. The number of aliphatic hydroxyl groups is 2. The Labute approximate surface area is 77.8 Å². The molecule has 2 N–H and O–H groups in total. The van der Waals surface area contributed by atoms with Gasteiger partial charge in [0.05, 0.1) is 6.61 Å². The van der Waals surface area contributed by atoms with Crippen molar-refractivity contribution in [3.8, 4) is 11.8 Å². The lowest BCUT2D eigenvalue weighted by Gasteiger charge is -2.01. The first-order valence-electron chi connectivity index (χ1n) is 4.08. The second kappa shape index (κ2) is 4.66. The van der Waals surface area contributed by atoms with Crippen molar-refractivity contribution in [2.45, 2.75) is 13.5 Å². The molecule has 0 fully saturated rings. The Balaban J connectivity index is 2.99. The van der Waals surface area contributed by atoms with Gasteiger partial charge in [0.2, 0.25) is 0 Å². The van der Waals surface area contributed by atoms with Crippen LogP contribution in [0.15, 0.2) is 18.2 Å². The summed E-state index contributed by atoms with van der Waals surface area (Å²) in [7, 11) is 0. The summed E-state index contributed by atoms with van der Waals surface area (Å²) >= 11 is 0. The molecule has 0 atom stereocenters. The van der Waals surface area contributed by atoms with Crippen LogP contribution in [0.4, 0.5) is 0 Å². The van der Waals surface area contributed by atoms with E-state index in [-0.39, 0.29) is 13.2 Å². The molecule has 1 rings (SSSR count). The fraction of sp³-hybridized carbons (Fsp3) is 0.273. The molecule has 0 heterocycles. The van der Waals surface area contributed by atoms with Crippen molar-refractivity contribution >= 4 is 0 Å². The van der Waals surface area contributed by atoms with Crippen LogP contribution >= 0.6 is 0 Å². The molecule has 0 bridgehead atoms. The van der Waals surface area contributed by atoms with Crippen LogP contribution in [0.5, 0.6) is 0 Å². The molecule has 2 heteroatoms. The topological polar surface area (TPSA) is 40.5 Å². The lowest BCUT2D eigenvalue weighted by molar-refractivity contribution is 0.281. The van der Waals surface area contributed by atoms with Gasteiger partial charge in [0.1, 0.15) is 6.61 Å². The van der Waals surface area contributed by atoms with E-state index in [0.29, 0.717) is 0 Å². The van der Waals surface area contributed by atoms with E-state index in [1.54, 1.807) is 0 Å². The smallest absolute Gasteiger partial charge is 0.104 e. The van der Waals surface area contributed by atoms with E-state index in [1.165, 1.54) is 0 Å². The average Bonchev–Trinajstić information content (AvgIpc) is 2.16. The van der Waals surface area contributed by atoms with Crippen LogP contribution < -0.4 is 0 Å². The standard InChI is InChI=1S/C11H12O2/c1-9-4-5-10(3-2-6-12)7-11(9)8-13/h4-5,7,12-13H,6,8H2,1H3. The predicted molar refractivity (Wildman–Crippen MR) is 51.1 cm³/mol. The molecular weight excluding hydrogens is 164 g/mol. The maximum Gasteiger partial charge on any atom is 0.104 e. The van der Waals surface area contributed by atoms with Crippen LogP contribution in [0.1, 0.15) is 16.7 Å². The summed E-state index contributed by atoms with van der Waals surface area (Å²) in [5, 5.41) is 17.5. The lowest BCUT2D eigenvalue weighted by Crippen LogP contribution is -1.89. The van der Waals surface area contributed by atoms with Crippen molar-refractivity contribution in [3.05, 3.63) is 34.9 Å². The number of hydrogen-bond acceptors (Lipinski definition) is 2. The molecule has 0 saturated heterocycles. The van der Waals surface area contributed by atoms with Gasteiger partial charge in [0.15, 0.2) is 0 Å². The van der Waals surface area contributed by atoms with Crippen molar-refractivity contribution in [2.75, 3.05) is 6.61 Å². The van der Waals surface area contributed by atoms with E-state index in [9.17, 15) is 0 Å². The minimum absolute atomic E-state index is 0.0283. The first-order chi connectivity index (χ1) is 6.27. The minimum Gasteiger partial charge on any atom is -0.392 e. The van der Waals surface area contributed by atoms with E-state index >= 15 is 0 Å². The molecule has 13 heavy (non-hydrogen) atoms. The Morgan fingerprint density at radius 1 is 1.31 bits per heavy atom. The Kier molecular flexibility index (Phi) is 3.51. The van der Waals surface area contributed by atoms with Gasteiger partial charge in [-0.1, -0.05) is 17.9 Å². The summed E-state index contributed by atoms with van der Waals surface area (Å²) < 4.78 is 0. The Bertz CT molecular complexity index is 345. The van der Waals surface area contributed by atoms with E-state index in [2.05, 4.69) is 11.8 Å². The summed E-state index contributed by atoms with van der Waals surface area (Å²) in [6.45, 7) is 1.83. The normalized spacial score (nSPS) is 9.15. The second-order valence-corrected chi connectivity index (χ2v) is 2.76. The van der Waals surface area contributed by atoms with E-state index in [1.807, 2.05) is 25.1 Å². The second-order valence-electron chi connectivity index (χ2n) is 2.76. The van der Waals surface area contributed by atoms with Crippen molar-refractivity contribution in [1.29, 1.82) is 0 Å². The summed E-state index contributed by atoms with van der Waals surface area (Å²) in [5.74, 6) is 5.34. The molecule has 0 unspecified atom stereocenters. The van der Waals surface area contributed by atoms with Gasteiger partial charge in [-0.2, -0.15) is 0 Å². The first-order valence-corrected chi connectivity index (χ1v) is 4.08. The first kappa shape index (κ1) is 9.79. The highest BCUT2D eigenvalue weighted by Crippen LogP contribution is 2.09. The molecule has 0 saturated carbocycles. The Morgan fingerprint density at radius 2 is 2.08 bits per heavy atom. The quantitative estimate of drug-likeness (QED) is 0.622. The summed E-state index contributed by atoms with van der Waals surface area (Å²) in [6, 6.07) is 5.61. The van der Waals surface area contributed by atoms with Gasteiger partial charge >= 0.3 is 0 Å². The summed E-state index contributed by atoms with van der Waals surface area (Å²) in [4.78, 5) is 0. The minimum atomic E-state index is -0.137. The largest absolute Gasteiger partial charge is 0.392 e. The summed E-state index contributed by atoms with van der Waals surface area (Å²) in [6.07, 6.45) is 0. The highest BCUT2D eigenvalue weighted by Gasteiger charge is 1.96.